The highest BCUT2D eigenvalue weighted by Gasteiger charge is 2.25. The van der Waals surface area contributed by atoms with Crippen LogP contribution in [-0.2, 0) is 0 Å². The van der Waals surface area contributed by atoms with E-state index in [-0.39, 0.29) is 0 Å². The Labute approximate surface area is 116 Å². The Morgan fingerprint density at radius 2 is 1.79 bits per heavy atom. The summed E-state index contributed by atoms with van der Waals surface area (Å²) in [7, 11) is 0. The van der Waals surface area contributed by atoms with Gasteiger partial charge in [-0.2, -0.15) is 0 Å². The number of rotatable bonds is 4. The number of aromatic nitrogens is 1. The van der Waals surface area contributed by atoms with Gasteiger partial charge in [-0.1, -0.05) is 6.07 Å². The zero-order valence-electron chi connectivity index (χ0n) is 12.3. The summed E-state index contributed by atoms with van der Waals surface area (Å²) in [6, 6.07) is 5.18. The summed E-state index contributed by atoms with van der Waals surface area (Å²) in [5, 5.41) is 0. The van der Waals surface area contributed by atoms with E-state index in [9.17, 15) is 0 Å². The van der Waals surface area contributed by atoms with E-state index in [1.807, 2.05) is 13.1 Å². The molecule has 0 aliphatic carbocycles. The van der Waals surface area contributed by atoms with E-state index in [0.717, 1.165) is 31.9 Å². The van der Waals surface area contributed by atoms with Gasteiger partial charge >= 0.3 is 0 Å². The third-order valence-corrected chi connectivity index (χ3v) is 4.06. The van der Waals surface area contributed by atoms with Crippen molar-refractivity contribution < 1.29 is 0 Å². The van der Waals surface area contributed by atoms with E-state index in [2.05, 4.69) is 40.8 Å². The third kappa shape index (κ3) is 3.53. The molecule has 1 aromatic rings. The van der Waals surface area contributed by atoms with Crippen molar-refractivity contribution in [1.82, 2.24) is 14.8 Å². The Morgan fingerprint density at radius 3 is 2.26 bits per heavy atom. The van der Waals surface area contributed by atoms with Crippen LogP contribution in [-0.4, -0.2) is 53.5 Å². The average Bonchev–Trinajstić information content (AvgIpc) is 2.42. The maximum atomic E-state index is 5.99. The molecule has 0 amide bonds. The zero-order valence-corrected chi connectivity index (χ0v) is 12.3. The quantitative estimate of drug-likeness (QED) is 0.891. The van der Waals surface area contributed by atoms with Crippen molar-refractivity contribution in [2.24, 2.45) is 5.73 Å². The van der Waals surface area contributed by atoms with Gasteiger partial charge < -0.3 is 5.73 Å². The first-order chi connectivity index (χ1) is 9.11. The predicted octanol–water partition coefficient (Wildman–Crippen LogP) is 1.42. The molecule has 0 radical (unpaired) electrons. The second-order valence-corrected chi connectivity index (χ2v) is 5.65. The van der Waals surface area contributed by atoms with Gasteiger partial charge in [-0.05, 0) is 32.4 Å². The van der Waals surface area contributed by atoms with E-state index in [4.69, 9.17) is 5.73 Å². The molecule has 1 unspecified atom stereocenters. The summed E-state index contributed by atoms with van der Waals surface area (Å²) in [4.78, 5) is 9.41. The predicted molar refractivity (Wildman–Crippen MR) is 79.1 cm³/mol. The van der Waals surface area contributed by atoms with E-state index < -0.39 is 0 Å². The maximum absolute atomic E-state index is 5.99. The van der Waals surface area contributed by atoms with Crippen molar-refractivity contribution in [3.8, 4) is 0 Å². The lowest BCUT2D eigenvalue weighted by molar-refractivity contribution is 0.0801. The van der Waals surface area contributed by atoms with Crippen LogP contribution in [0.1, 0.15) is 31.1 Å². The minimum Gasteiger partial charge on any atom is -0.329 e. The zero-order chi connectivity index (χ0) is 13.8. The van der Waals surface area contributed by atoms with Gasteiger partial charge in [0.05, 0.1) is 0 Å². The fourth-order valence-electron chi connectivity index (χ4n) is 2.74. The van der Waals surface area contributed by atoms with Crippen LogP contribution in [0.2, 0.25) is 0 Å². The number of aryl methyl sites for hydroxylation is 1. The van der Waals surface area contributed by atoms with Crippen LogP contribution in [0.15, 0.2) is 18.3 Å². The normalized spacial score (nSPS) is 19.8. The van der Waals surface area contributed by atoms with Gasteiger partial charge in [0.15, 0.2) is 0 Å². The van der Waals surface area contributed by atoms with Crippen molar-refractivity contribution in [3.05, 3.63) is 29.6 Å². The van der Waals surface area contributed by atoms with E-state index in [1.165, 1.54) is 5.56 Å². The van der Waals surface area contributed by atoms with Gasteiger partial charge in [-0.3, -0.25) is 14.8 Å². The molecule has 1 aliphatic heterocycles. The van der Waals surface area contributed by atoms with Gasteiger partial charge in [0, 0.05) is 56.7 Å². The molecule has 0 saturated carbocycles. The molecule has 4 heteroatoms. The SMILES string of the molecule is Cc1ccc(C(CN)N2CCN(C(C)C)CC2)cn1. The van der Waals surface area contributed by atoms with Crippen molar-refractivity contribution in [2.75, 3.05) is 32.7 Å². The van der Waals surface area contributed by atoms with Gasteiger partial charge in [0.25, 0.3) is 0 Å². The molecule has 0 bridgehead atoms. The van der Waals surface area contributed by atoms with Crippen LogP contribution in [0, 0.1) is 6.92 Å². The van der Waals surface area contributed by atoms with Crippen molar-refractivity contribution >= 4 is 0 Å². The van der Waals surface area contributed by atoms with Gasteiger partial charge in [0.1, 0.15) is 0 Å². The molecule has 2 rings (SSSR count). The summed E-state index contributed by atoms with van der Waals surface area (Å²) in [6.07, 6.45) is 1.97. The number of nitrogens with two attached hydrogens (primary N) is 1. The van der Waals surface area contributed by atoms with Crippen molar-refractivity contribution in [3.63, 3.8) is 0 Å². The lowest BCUT2D eigenvalue weighted by atomic mass is 10.1. The van der Waals surface area contributed by atoms with Crippen LogP contribution in [0.5, 0.6) is 0 Å². The van der Waals surface area contributed by atoms with Crippen LogP contribution >= 0.6 is 0 Å². The first-order valence-corrected chi connectivity index (χ1v) is 7.22. The summed E-state index contributed by atoms with van der Waals surface area (Å²) in [6.45, 7) is 11.7. The molecule has 2 N–H and O–H groups in total. The van der Waals surface area contributed by atoms with Gasteiger partial charge in [-0.25, -0.2) is 0 Å². The number of hydrogen-bond donors (Lipinski definition) is 1. The molecule has 0 spiro atoms. The first-order valence-electron chi connectivity index (χ1n) is 7.22. The van der Waals surface area contributed by atoms with Crippen LogP contribution < -0.4 is 5.73 Å². The summed E-state index contributed by atoms with van der Waals surface area (Å²) >= 11 is 0. The summed E-state index contributed by atoms with van der Waals surface area (Å²) in [5.74, 6) is 0. The number of hydrogen-bond acceptors (Lipinski definition) is 4. The van der Waals surface area contributed by atoms with Crippen LogP contribution in [0.3, 0.4) is 0 Å². The summed E-state index contributed by atoms with van der Waals surface area (Å²) in [5.41, 5.74) is 8.29. The molecular weight excluding hydrogens is 236 g/mol. The molecular formula is C15H26N4. The highest BCUT2D eigenvalue weighted by Crippen LogP contribution is 2.21. The van der Waals surface area contributed by atoms with Crippen LogP contribution in [0.25, 0.3) is 0 Å². The van der Waals surface area contributed by atoms with E-state index >= 15 is 0 Å². The smallest absolute Gasteiger partial charge is 0.0486 e. The van der Waals surface area contributed by atoms with Crippen molar-refractivity contribution in [1.29, 1.82) is 0 Å². The molecule has 1 aliphatic rings. The maximum Gasteiger partial charge on any atom is 0.0486 e. The monoisotopic (exact) mass is 262 g/mol. The lowest BCUT2D eigenvalue weighted by Gasteiger charge is -2.40. The molecule has 19 heavy (non-hydrogen) atoms. The third-order valence-electron chi connectivity index (χ3n) is 4.06. The highest BCUT2D eigenvalue weighted by atomic mass is 15.3. The molecule has 1 saturated heterocycles. The van der Waals surface area contributed by atoms with Crippen molar-refractivity contribution in [2.45, 2.75) is 32.9 Å². The lowest BCUT2D eigenvalue weighted by Crippen LogP contribution is -2.50. The first kappa shape index (κ1) is 14.4. The molecule has 106 valence electrons. The molecule has 2 heterocycles. The fraction of sp³-hybridized carbons (Fsp3) is 0.667. The number of pyridine rings is 1. The molecule has 4 nitrogen and oxygen atoms in total. The Hall–Kier alpha value is -0.970. The topological polar surface area (TPSA) is 45.4 Å². The Morgan fingerprint density at radius 1 is 1.16 bits per heavy atom. The number of piperazine rings is 1. The Balaban J connectivity index is 2.01. The Bertz CT molecular complexity index is 380. The summed E-state index contributed by atoms with van der Waals surface area (Å²) < 4.78 is 0. The standard InChI is InChI=1S/C15H26N4/c1-12(2)18-6-8-19(9-7-18)15(10-16)14-5-4-13(3)17-11-14/h4-5,11-12,15H,6-10,16H2,1-3H3. The Kier molecular flexibility index (Phi) is 4.91. The van der Waals surface area contributed by atoms with E-state index in [1.54, 1.807) is 0 Å². The second-order valence-electron chi connectivity index (χ2n) is 5.65. The van der Waals surface area contributed by atoms with Gasteiger partial charge in [-0.15, -0.1) is 0 Å². The average molecular weight is 262 g/mol. The van der Waals surface area contributed by atoms with Crippen LogP contribution in [0.4, 0.5) is 0 Å². The largest absolute Gasteiger partial charge is 0.329 e. The van der Waals surface area contributed by atoms with Gasteiger partial charge in [0.2, 0.25) is 0 Å². The minimum atomic E-state index is 0.308. The highest BCUT2D eigenvalue weighted by molar-refractivity contribution is 5.18. The second kappa shape index (κ2) is 6.46. The van der Waals surface area contributed by atoms with E-state index in [0.29, 0.717) is 18.6 Å². The molecule has 1 fully saturated rings. The molecule has 1 atom stereocenters. The fourth-order valence-corrected chi connectivity index (χ4v) is 2.74. The number of nitrogens with zero attached hydrogens (tertiary/aromatic N) is 3. The molecule has 0 aromatic carbocycles. The minimum absolute atomic E-state index is 0.308. The molecule has 1 aromatic heterocycles.